The van der Waals surface area contributed by atoms with E-state index in [1.165, 1.54) is 17.6 Å². The molecule has 4 aromatic heterocycles. The van der Waals surface area contributed by atoms with Crippen LogP contribution in [-0.2, 0) is 4.79 Å². The van der Waals surface area contributed by atoms with E-state index in [9.17, 15) is 14.0 Å². The Morgan fingerprint density at radius 3 is 2.51 bits per heavy atom. The first-order chi connectivity index (χ1) is 19.8. The van der Waals surface area contributed by atoms with E-state index in [-0.39, 0.29) is 41.3 Å². The van der Waals surface area contributed by atoms with Crippen LogP contribution in [0, 0.1) is 11.4 Å². The fourth-order valence-electron chi connectivity index (χ4n) is 6.17. The van der Waals surface area contributed by atoms with Crippen LogP contribution in [0.15, 0.2) is 47.8 Å². The summed E-state index contributed by atoms with van der Waals surface area (Å²) in [6.07, 6.45) is 8.12. The number of pyridine rings is 2. The van der Waals surface area contributed by atoms with Gasteiger partial charge in [-0.2, -0.15) is 14.0 Å². The van der Waals surface area contributed by atoms with Gasteiger partial charge in [0.15, 0.2) is 17.3 Å². The molecule has 0 saturated carbocycles. The number of fused-ring (bicyclic) bond motifs is 3. The molecule has 0 aliphatic carbocycles. The van der Waals surface area contributed by atoms with Crippen molar-refractivity contribution in [1.29, 1.82) is 5.41 Å². The van der Waals surface area contributed by atoms with Gasteiger partial charge >= 0.3 is 0 Å². The van der Waals surface area contributed by atoms with Gasteiger partial charge in [-0.1, -0.05) is 6.07 Å². The summed E-state index contributed by atoms with van der Waals surface area (Å²) in [6.45, 7) is 1.45. The SMILES string of the molecule is CC(=O)c1c(C2CC3CCC(C2)N3C(=O)C(N)=NC=N)nc2c(-c3ccc(-c4cccnc4F)nc3)cnn2c1N. The number of Topliss-reactive ketones (excluding diaryl/α,β-unsaturated/α-hetero) is 1. The van der Waals surface area contributed by atoms with Crippen molar-refractivity contribution >= 4 is 35.3 Å². The number of halogens is 1. The number of hydrogen-bond acceptors (Lipinski definition) is 8. The van der Waals surface area contributed by atoms with Gasteiger partial charge in [0.25, 0.3) is 5.91 Å². The summed E-state index contributed by atoms with van der Waals surface area (Å²) in [6, 6.07) is 6.56. The first kappa shape index (κ1) is 26.2. The number of ketones is 1. The molecule has 5 N–H and O–H groups in total. The van der Waals surface area contributed by atoms with Crippen LogP contribution in [0.2, 0.25) is 0 Å². The highest BCUT2D eigenvalue weighted by Crippen LogP contribution is 2.44. The Labute approximate surface area is 233 Å². The maximum atomic E-state index is 14.2. The summed E-state index contributed by atoms with van der Waals surface area (Å²) < 4.78 is 15.6. The fraction of sp³-hybridized carbons (Fsp3) is 0.286. The van der Waals surface area contributed by atoms with E-state index in [1.807, 2.05) is 0 Å². The number of nitrogens with two attached hydrogens (primary N) is 2. The van der Waals surface area contributed by atoms with Gasteiger partial charge < -0.3 is 16.4 Å². The van der Waals surface area contributed by atoms with Crippen LogP contribution in [0.5, 0.6) is 0 Å². The number of aromatic nitrogens is 5. The third-order valence-electron chi connectivity index (χ3n) is 7.95. The molecule has 41 heavy (non-hydrogen) atoms. The number of hydrogen-bond donors (Lipinski definition) is 3. The minimum atomic E-state index is -0.606. The number of carbonyl (C=O) groups excluding carboxylic acids is 2. The molecule has 1 amide bonds. The molecule has 6 rings (SSSR count). The average Bonchev–Trinajstić information content (AvgIpc) is 3.50. The third-order valence-corrected chi connectivity index (χ3v) is 7.95. The highest BCUT2D eigenvalue weighted by Gasteiger charge is 2.45. The van der Waals surface area contributed by atoms with Crippen molar-refractivity contribution in [2.75, 3.05) is 5.73 Å². The fourth-order valence-corrected chi connectivity index (χ4v) is 6.17. The number of amidine groups is 1. The Balaban J connectivity index is 1.38. The van der Waals surface area contributed by atoms with Crippen molar-refractivity contribution in [3.05, 3.63) is 60.1 Å². The number of rotatable bonds is 5. The lowest BCUT2D eigenvalue weighted by atomic mass is 9.85. The van der Waals surface area contributed by atoms with Crippen LogP contribution >= 0.6 is 0 Å². The van der Waals surface area contributed by atoms with E-state index in [1.54, 1.807) is 41.6 Å². The van der Waals surface area contributed by atoms with Crippen LogP contribution in [0.3, 0.4) is 0 Å². The Morgan fingerprint density at radius 2 is 1.88 bits per heavy atom. The van der Waals surface area contributed by atoms with Gasteiger partial charge in [-0.05, 0) is 50.8 Å². The Bertz CT molecular complexity index is 1720. The normalized spacial score (nSPS) is 20.4. The Morgan fingerprint density at radius 1 is 1.12 bits per heavy atom. The molecule has 2 atom stereocenters. The molecule has 0 aromatic carbocycles. The average molecular weight is 555 g/mol. The molecule has 2 fully saturated rings. The molecule has 4 aromatic rings. The monoisotopic (exact) mass is 554 g/mol. The van der Waals surface area contributed by atoms with Gasteiger partial charge in [0.1, 0.15) is 12.2 Å². The summed E-state index contributed by atoms with van der Waals surface area (Å²) in [5.41, 5.74) is 15.8. The van der Waals surface area contributed by atoms with E-state index in [4.69, 9.17) is 21.9 Å². The number of nitrogen functional groups attached to an aromatic ring is 1. The van der Waals surface area contributed by atoms with Crippen LogP contribution in [0.25, 0.3) is 28.0 Å². The topological polar surface area (TPSA) is 182 Å². The minimum absolute atomic E-state index is 0.0983. The molecule has 2 saturated heterocycles. The van der Waals surface area contributed by atoms with Crippen molar-refractivity contribution in [2.45, 2.75) is 50.6 Å². The molecule has 2 unspecified atom stereocenters. The molecule has 13 heteroatoms. The molecule has 0 radical (unpaired) electrons. The second-order valence-corrected chi connectivity index (χ2v) is 10.3. The first-order valence-electron chi connectivity index (χ1n) is 13.2. The summed E-state index contributed by atoms with van der Waals surface area (Å²) in [5, 5.41) is 11.5. The molecule has 2 aliphatic rings. The highest BCUT2D eigenvalue weighted by atomic mass is 19.1. The number of anilines is 1. The number of piperidine rings is 1. The standard InChI is InChI=1S/C28H27FN10O2/c1-14(40)22-23(16-9-17-5-6-18(10-16)38(17)28(41)25(31)35-13-30)37-27-20(12-36-39(27)26(22)32)15-4-7-21(34-11-15)19-3-2-8-33-24(19)29/h2-4,7-8,11-13,16-18H,5-6,9-10,32H2,1H3,(H3,30,31,35). The first-order valence-corrected chi connectivity index (χ1v) is 13.2. The molecule has 2 aliphatic heterocycles. The van der Waals surface area contributed by atoms with E-state index < -0.39 is 5.95 Å². The van der Waals surface area contributed by atoms with Crippen LogP contribution in [0.1, 0.15) is 54.6 Å². The Kier molecular flexibility index (Phi) is 6.48. The second kappa shape index (κ2) is 10.2. The zero-order valence-corrected chi connectivity index (χ0v) is 22.2. The van der Waals surface area contributed by atoms with Gasteiger partial charge in [0.05, 0.1) is 28.7 Å². The van der Waals surface area contributed by atoms with Crippen molar-refractivity contribution in [3.8, 4) is 22.4 Å². The van der Waals surface area contributed by atoms with Crippen LogP contribution in [-0.4, -0.2) is 65.4 Å². The van der Waals surface area contributed by atoms with Crippen molar-refractivity contribution in [2.24, 2.45) is 10.7 Å². The zero-order valence-electron chi connectivity index (χ0n) is 22.2. The smallest absolute Gasteiger partial charge is 0.289 e. The van der Waals surface area contributed by atoms with Gasteiger partial charge in [0, 0.05) is 41.5 Å². The number of aliphatic imine (C=N–C) groups is 1. The maximum absolute atomic E-state index is 14.2. The number of amides is 1. The van der Waals surface area contributed by atoms with Crippen LogP contribution < -0.4 is 11.5 Å². The van der Waals surface area contributed by atoms with Crippen molar-refractivity contribution in [3.63, 3.8) is 0 Å². The molecular weight excluding hydrogens is 527 g/mol. The zero-order chi connectivity index (χ0) is 28.8. The summed E-state index contributed by atoms with van der Waals surface area (Å²) in [4.78, 5) is 44.3. The lowest BCUT2D eigenvalue weighted by Gasteiger charge is -2.39. The van der Waals surface area contributed by atoms with E-state index in [0.717, 1.165) is 19.2 Å². The quantitative estimate of drug-likeness (QED) is 0.146. The molecule has 0 spiro atoms. The van der Waals surface area contributed by atoms with E-state index >= 15 is 0 Å². The summed E-state index contributed by atoms with van der Waals surface area (Å²) in [7, 11) is 0. The lowest BCUT2D eigenvalue weighted by molar-refractivity contribution is -0.128. The summed E-state index contributed by atoms with van der Waals surface area (Å²) >= 11 is 0. The van der Waals surface area contributed by atoms with Gasteiger partial charge in [-0.3, -0.25) is 20.0 Å². The predicted octanol–water partition coefficient (Wildman–Crippen LogP) is 2.98. The summed E-state index contributed by atoms with van der Waals surface area (Å²) in [5.74, 6) is -1.35. The largest absolute Gasteiger partial charge is 0.383 e. The Hall–Kier alpha value is -5.07. The van der Waals surface area contributed by atoms with Gasteiger partial charge in [-0.15, -0.1) is 0 Å². The molecular formula is C28H27FN10O2. The maximum Gasteiger partial charge on any atom is 0.289 e. The van der Waals surface area contributed by atoms with Gasteiger partial charge in [-0.25, -0.2) is 15.0 Å². The minimum Gasteiger partial charge on any atom is -0.383 e. The molecule has 2 bridgehead atoms. The second-order valence-electron chi connectivity index (χ2n) is 10.3. The molecule has 12 nitrogen and oxygen atoms in total. The number of carbonyl (C=O) groups is 2. The highest BCUT2D eigenvalue weighted by molar-refractivity contribution is 6.38. The van der Waals surface area contributed by atoms with E-state index in [2.05, 4.69) is 20.1 Å². The third kappa shape index (κ3) is 4.39. The van der Waals surface area contributed by atoms with Crippen molar-refractivity contribution < 1.29 is 14.0 Å². The predicted molar refractivity (Wildman–Crippen MR) is 150 cm³/mol. The van der Waals surface area contributed by atoms with Gasteiger partial charge in [0.2, 0.25) is 5.95 Å². The van der Waals surface area contributed by atoms with Crippen molar-refractivity contribution in [1.82, 2.24) is 29.5 Å². The van der Waals surface area contributed by atoms with E-state index in [0.29, 0.717) is 52.1 Å². The molecule has 6 heterocycles. The van der Waals surface area contributed by atoms with Crippen LogP contribution in [0.4, 0.5) is 10.2 Å². The number of nitrogens with one attached hydrogen (secondary N) is 1. The molecule has 208 valence electrons. The lowest BCUT2D eigenvalue weighted by Crippen LogP contribution is -2.50. The number of nitrogens with zero attached hydrogens (tertiary/aromatic N) is 7.